The van der Waals surface area contributed by atoms with Gasteiger partial charge in [0.2, 0.25) is 0 Å². The smallest absolute Gasteiger partial charge is 0.0664 e. The summed E-state index contributed by atoms with van der Waals surface area (Å²) in [4.78, 5) is 0. The van der Waals surface area contributed by atoms with E-state index in [1.165, 1.54) is 22.2 Å². The molecule has 2 N–H and O–H groups in total. The molecule has 0 aliphatic carbocycles. The van der Waals surface area contributed by atoms with Crippen LogP contribution in [0.2, 0.25) is 0 Å². The Labute approximate surface area is 115 Å². The van der Waals surface area contributed by atoms with Gasteiger partial charge in [0.1, 0.15) is 0 Å². The lowest BCUT2D eigenvalue weighted by atomic mass is 10.1. The molecule has 0 bridgehead atoms. The molecule has 0 aliphatic heterocycles. The summed E-state index contributed by atoms with van der Waals surface area (Å²) in [6.45, 7) is 5.73. The zero-order valence-corrected chi connectivity index (χ0v) is 12.1. The van der Waals surface area contributed by atoms with Crippen LogP contribution < -0.4 is 5.32 Å². The van der Waals surface area contributed by atoms with Crippen LogP contribution in [-0.2, 0) is 13.6 Å². The maximum atomic E-state index is 9.74. The van der Waals surface area contributed by atoms with Gasteiger partial charge in [0.25, 0.3) is 0 Å². The van der Waals surface area contributed by atoms with Crippen LogP contribution >= 0.6 is 0 Å². The van der Waals surface area contributed by atoms with Gasteiger partial charge in [-0.3, -0.25) is 0 Å². The Morgan fingerprint density at radius 2 is 2.05 bits per heavy atom. The van der Waals surface area contributed by atoms with Crippen LogP contribution in [0.25, 0.3) is 10.9 Å². The van der Waals surface area contributed by atoms with Crippen molar-refractivity contribution in [1.82, 2.24) is 9.88 Å². The van der Waals surface area contributed by atoms with Gasteiger partial charge in [0, 0.05) is 36.7 Å². The van der Waals surface area contributed by atoms with Crippen LogP contribution in [0.3, 0.4) is 0 Å². The number of aryl methyl sites for hydroxylation is 2. The molecular formula is C16H24N2O. The molecule has 19 heavy (non-hydrogen) atoms. The molecule has 0 radical (unpaired) electrons. The maximum Gasteiger partial charge on any atom is 0.0664 e. The summed E-state index contributed by atoms with van der Waals surface area (Å²) in [5.74, 6) is 0. The minimum absolute atomic E-state index is 0.236. The molecular weight excluding hydrogens is 236 g/mol. The second kappa shape index (κ2) is 6.22. The maximum absolute atomic E-state index is 9.74. The van der Waals surface area contributed by atoms with Crippen LogP contribution in [-0.4, -0.2) is 22.3 Å². The third-order valence-electron chi connectivity index (χ3n) is 3.80. The van der Waals surface area contributed by atoms with Crippen molar-refractivity contribution >= 4 is 10.9 Å². The molecule has 0 fully saturated rings. The first-order chi connectivity index (χ1) is 9.15. The van der Waals surface area contributed by atoms with Crippen LogP contribution in [0.15, 0.2) is 24.3 Å². The zero-order valence-electron chi connectivity index (χ0n) is 12.1. The molecule has 0 amide bonds. The Balaban J connectivity index is 2.09. The van der Waals surface area contributed by atoms with E-state index in [2.05, 4.69) is 55.0 Å². The Morgan fingerprint density at radius 1 is 1.32 bits per heavy atom. The molecule has 1 heterocycles. The lowest BCUT2D eigenvalue weighted by molar-refractivity contribution is 0.160. The molecule has 1 aromatic heterocycles. The first kappa shape index (κ1) is 14.1. The fourth-order valence-corrected chi connectivity index (χ4v) is 2.68. The van der Waals surface area contributed by atoms with Gasteiger partial charge in [-0.15, -0.1) is 0 Å². The minimum atomic E-state index is -0.236. The Morgan fingerprint density at radius 3 is 2.74 bits per heavy atom. The normalized spacial score (nSPS) is 13.1. The largest absolute Gasteiger partial charge is 0.392 e. The number of aromatic nitrogens is 1. The van der Waals surface area contributed by atoms with Gasteiger partial charge in [-0.2, -0.15) is 0 Å². The molecule has 1 atom stereocenters. The van der Waals surface area contributed by atoms with Crippen molar-refractivity contribution in [3.63, 3.8) is 0 Å². The number of aliphatic hydroxyl groups excluding tert-OH is 1. The van der Waals surface area contributed by atoms with E-state index >= 15 is 0 Å². The van der Waals surface area contributed by atoms with E-state index < -0.39 is 0 Å². The van der Waals surface area contributed by atoms with Crippen molar-refractivity contribution in [2.24, 2.45) is 7.05 Å². The predicted molar refractivity (Wildman–Crippen MR) is 80.3 cm³/mol. The van der Waals surface area contributed by atoms with E-state index in [-0.39, 0.29) is 6.10 Å². The Kier molecular flexibility index (Phi) is 4.61. The average molecular weight is 260 g/mol. The number of rotatable bonds is 6. The van der Waals surface area contributed by atoms with E-state index in [4.69, 9.17) is 0 Å². The van der Waals surface area contributed by atoms with Gasteiger partial charge in [0.15, 0.2) is 0 Å². The summed E-state index contributed by atoms with van der Waals surface area (Å²) >= 11 is 0. The molecule has 3 nitrogen and oxygen atoms in total. The zero-order chi connectivity index (χ0) is 13.8. The van der Waals surface area contributed by atoms with Gasteiger partial charge in [0.05, 0.1) is 6.10 Å². The summed E-state index contributed by atoms with van der Waals surface area (Å²) in [5, 5.41) is 14.4. The quantitative estimate of drug-likeness (QED) is 0.838. The summed E-state index contributed by atoms with van der Waals surface area (Å²) in [5.41, 5.74) is 3.89. The highest BCUT2D eigenvalue weighted by Crippen LogP contribution is 2.24. The topological polar surface area (TPSA) is 37.2 Å². The summed E-state index contributed by atoms with van der Waals surface area (Å²) < 4.78 is 2.24. The number of hydrogen-bond donors (Lipinski definition) is 2. The molecule has 104 valence electrons. The number of nitrogens with zero attached hydrogens (tertiary/aromatic N) is 1. The van der Waals surface area contributed by atoms with E-state index in [0.717, 1.165) is 19.4 Å². The number of fused-ring (bicyclic) bond motifs is 1. The SMILES string of the molecule is CCCC(O)CNCc1c(C)c2ccccc2n1C. The van der Waals surface area contributed by atoms with Gasteiger partial charge in [-0.25, -0.2) is 0 Å². The van der Waals surface area contributed by atoms with Crippen molar-refractivity contribution in [3.05, 3.63) is 35.5 Å². The molecule has 1 aromatic carbocycles. The molecule has 0 spiro atoms. The number of benzene rings is 1. The second-order valence-corrected chi connectivity index (χ2v) is 5.22. The molecule has 3 heteroatoms. The van der Waals surface area contributed by atoms with Crippen LogP contribution in [0.5, 0.6) is 0 Å². The first-order valence-electron chi connectivity index (χ1n) is 7.06. The van der Waals surface area contributed by atoms with Crippen LogP contribution in [0, 0.1) is 6.92 Å². The fourth-order valence-electron chi connectivity index (χ4n) is 2.68. The standard InChI is InChI=1S/C16H24N2O/c1-4-7-13(19)10-17-11-16-12(2)14-8-5-6-9-15(14)18(16)3/h5-6,8-9,13,17,19H,4,7,10-11H2,1-3H3. The van der Waals surface area contributed by atoms with E-state index in [1.807, 2.05) is 0 Å². The second-order valence-electron chi connectivity index (χ2n) is 5.22. The molecule has 0 aliphatic rings. The lowest BCUT2D eigenvalue weighted by Crippen LogP contribution is -2.27. The van der Waals surface area contributed by atoms with Gasteiger partial charge in [-0.1, -0.05) is 31.5 Å². The molecule has 1 unspecified atom stereocenters. The van der Waals surface area contributed by atoms with Crippen molar-refractivity contribution in [3.8, 4) is 0 Å². The highest BCUT2D eigenvalue weighted by Gasteiger charge is 2.11. The monoisotopic (exact) mass is 260 g/mol. The summed E-state index contributed by atoms with van der Waals surface area (Å²) in [6, 6.07) is 8.47. The fraction of sp³-hybridized carbons (Fsp3) is 0.500. The highest BCUT2D eigenvalue weighted by molar-refractivity contribution is 5.85. The number of nitrogens with one attached hydrogen (secondary N) is 1. The Hall–Kier alpha value is -1.32. The number of hydrogen-bond acceptors (Lipinski definition) is 2. The molecule has 0 saturated carbocycles. The molecule has 2 rings (SSSR count). The van der Waals surface area contributed by atoms with Crippen LogP contribution in [0.1, 0.15) is 31.0 Å². The van der Waals surface area contributed by atoms with Gasteiger partial charge < -0.3 is 15.0 Å². The predicted octanol–water partition coefficient (Wildman–Crippen LogP) is 2.74. The van der Waals surface area contributed by atoms with Crippen molar-refractivity contribution in [1.29, 1.82) is 0 Å². The van der Waals surface area contributed by atoms with E-state index in [1.54, 1.807) is 0 Å². The summed E-state index contributed by atoms with van der Waals surface area (Å²) in [7, 11) is 2.11. The summed E-state index contributed by atoms with van der Waals surface area (Å²) in [6.07, 6.45) is 1.65. The first-order valence-corrected chi connectivity index (χ1v) is 7.06. The average Bonchev–Trinajstić information content (AvgIpc) is 2.65. The van der Waals surface area contributed by atoms with Gasteiger partial charge >= 0.3 is 0 Å². The van der Waals surface area contributed by atoms with Crippen molar-refractivity contribution in [2.45, 2.75) is 39.3 Å². The number of aliphatic hydroxyl groups is 1. The highest BCUT2D eigenvalue weighted by atomic mass is 16.3. The minimum Gasteiger partial charge on any atom is -0.392 e. The Bertz CT molecular complexity index is 506. The van der Waals surface area contributed by atoms with Crippen molar-refractivity contribution in [2.75, 3.05) is 6.54 Å². The van der Waals surface area contributed by atoms with E-state index in [0.29, 0.717) is 6.54 Å². The van der Waals surface area contributed by atoms with Gasteiger partial charge in [-0.05, 0) is 25.0 Å². The van der Waals surface area contributed by atoms with Crippen LogP contribution in [0.4, 0.5) is 0 Å². The third-order valence-corrected chi connectivity index (χ3v) is 3.80. The van der Waals surface area contributed by atoms with E-state index in [9.17, 15) is 5.11 Å². The third kappa shape index (κ3) is 2.99. The molecule has 0 saturated heterocycles. The molecule has 2 aromatic rings. The number of para-hydroxylation sites is 1. The lowest BCUT2D eigenvalue weighted by Gasteiger charge is -2.12. The van der Waals surface area contributed by atoms with Crippen molar-refractivity contribution < 1.29 is 5.11 Å².